The number of benzene rings is 1. The van der Waals surface area contributed by atoms with E-state index in [0.29, 0.717) is 13.2 Å². The molecule has 0 aliphatic rings. The molecule has 5 heteroatoms. The summed E-state index contributed by atoms with van der Waals surface area (Å²) in [5.41, 5.74) is 0.803. The monoisotopic (exact) mass is 279 g/mol. The molecule has 0 saturated carbocycles. The maximum absolute atomic E-state index is 12.2. The molecule has 0 unspecified atom stereocenters. The highest BCUT2D eigenvalue weighted by Crippen LogP contribution is 2.11. The van der Waals surface area contributed by atoms with Crippen LogP contribution in [0.3, 0.4) is 0 Å². The van der Waals surface area contributed by atoms with E-state index in [0.717, 1.165) is 12.0 Å². The van der Waals surface area contributed by atoms with Gasteiger partial charge in [0, 0.05) is 6.54 Å². The van der Waals surface area contributed by atoms with Crippen molar-refractivity contribution in [2.75, 3.05) is 19.7 Å². The van der Waals surface area contributed by atoms with Gasteiger partial charge in [-0.3, -0.25) is 9.59 Å². The number of hydrogen-bond donors (Lipinski definition) is 1. The normalized spacial score (nSPS) is 10.1. The molecule has 0 heterocycles. The topological polar surface area (TPSA) is 66.8 Å². The van der Waals surface area contributed by atoms with Gasteiger partial charge in [-0.05, 0) is 31.0 Å². The Morgan fingerprint density at radius 2 is 1.85 bits per heavy atom. The van der Waals surface area contributed by atoms with Crippen LogP contribution in [0.4, 0.5) is 0 Å². The zero-order valence-electron chi connectivity index (χ0n) is 12.0. The number of phenolic OH excluding ortho intramolecular Hbond substituents is 1. The van der Waals surface area contributed by atoms with Crippen LogP contribution in [-0.4, -0.2) is 41.6 Å². The van der Waals surface area contributed by atoms with E-state index in [-0.39, 0.29) is 30.6 Å². The number of hydrogen-bond acceptors (Lipinski definition) is 4. The van der Waals surface area contributed by atoms with Crippen molar-refractivity contribution in [1.82, 2.24) is 4.90 Å². The molecule has 1 aromatic carbocycles. The summed E-state index contributed by atoms with van der Waals surface area (Å²) in [5.74, 6) is -0.344. The summed E-state index contributed by atoms with van der Waals surface area (Å²) in [7, 11) is 0. The van der Waals surface area contributed by atoms with Crippen LogP contribution in [0, 0.1) is 0 Å². The Balaban J connectivity index is 2.63. The second-order valence-corrected chi connectivity index (χ2v) is 4.46. The van der Waals surface area contributed by atoms with Crippen LogP contribution < -0.4 is 0 Å². The van der Waals surface area contributed by atoms with Crippen LogP contribution in [0.1, 0.15) is 25.8 Å². The lowest BCUT2D eigenvalue weighted by Crippen LogP contribution is -2.38. The zero-order chi connectivity index (χ0) is 15.0. The van der Waals surface area contributed by atoms with Gasteiger partial charge in [-0.15, -0.1) is 0 Å². The van der Waals surface area contributed by atoms with Gasteiger partial charge in [-0.25, -0.2) is 0 Å². The maximum Gasteiger partial charge on any atom is 0.325 e. The largest absolute Gasteiger partial charge is 0.508 e. The summed E-state index contributed by atoms with van der Waals surface area (Å²) in [6, 6.07) is 6.47. The lowest BCUT2D eigenvalue weighted by atomic mass is 10.1. The van der Waals surface area contributed by atoms with Gasteiger partial charge in [0.1, 0.15) is 12.3 Å². The van der Waals surface area contributed by atoms with Gasteiger partial charge in [0.15, 0.2) is 0 Å². The summed E-state index contributed by atoms with van der Waals surface area (Å²) in [6.07, 6.45) is 0.987. The molecule has 5 nitrogen and oxygen atoms in total. The van der Waals surface area contributed by atoms with Gasteiger partial charge in [0.2, 0.25) is 5.91 Å². The number of ether oxygens (including phenoxy) is 1. The lowest BCUT2D eigenvalue weighted by Gasteiger charge is -2.21. The zero-order valence-corrected chi connectivity index (χ0v) is 12.0. The molecule has 0 spiro atoms. The number of phenols is 1. The Bertz CT molecular complexity index is 442. The van der Waals surface area contributed by atoms with Gasteiger partial charge in [0.05, 0.1) is 13.0 Å². The lowest BCUT2D eigenvalue weighted by molar-refractivity contribution is -0.148. The smallest absolute Gasteiger partial charge is 0.325 e. The van der Waals surface area contributed by atoms with Crippen LogP contribution in [0.15, 0.2) is 24.3 Å². The quantitative estimate of drug-likeness (QED) is 0.772. The summed E-state index contributed by atoms with van der Waals surface area (Å²) >= 11 is 0. The number of esters is 1. The van der Waals surface area contributed by atoms with Gasteiger partial charge >= 0.3 is 5.97 Å². The van der Waals surface area contributed by atoms with E-state index < -0.39 is 0 Å². The minimum absolute atomic E-state index is 0.0153. The molecule has 0 saturated heterocycles. The molecular weight excluding hydrogens is 258 g/mol. The first-order valence-electron chi connectivity index (χ1n) is 6.78. The molecule has 0 aliphatic heterocycles. The molecule has 0 fully saturated rings. The number of aromatic hydroxyl groups is 1. The number of carbonyl (C=O) groups is 2. The molecular formula is C15H21NO4. The van der Waals surface area contributed by atoms with E-state index in [1.165, 1.54) is 17.0 Å². The molecule has 0 aliphatic carbocycles. The third-order valence-electron chi connectivity index (χ3n) is 2.76. The predicted molar refractivity (Wildman–Crippen MR) is 75.3 cm³/mol. The summed E-state index contributed by atoms with van der Waals surface area (Å²) in [5, 5.41) is 9.21. The van der Waals surface area contributed by atoms with Gasteiger partial charge < -0.3 is 14.7 Å². The fourth-order valence-electron chi connectivity index (χ4n) is 1.82. The second kappa shape index (κ2) is 8.19. The maximum atomic E-state index is 12.2. The van der Waals surface area contributed by atoms with Crippen LogP contribution in [-0.2, 0) is 20.7 Å². The van der Waals surface area contributed by atoms with E-state index in [1.807, 2.05) is 6.92 Å². The van der Waals surface area contributed by atoms with E-state index >= 15 is 0 Å². The van der Waals surface area contributed by atoms with Crippen molar-refractivity contribution >= 4 is 11.9 Å². The molecule has 1 aromatic rings. The van der Waals surface area contributed by atoms with E-state index in [4.69, 9.17) is 4.74 Å². The van der Waals surface area contributed by atoms with Crippen molar-refractivity contribution in [3.8, 4) is 5.75 Å². The van der Waals surface area contributed by atoms with E-state index in [1.54, 1.807) is 19.1 Å². The van der Waals surface area contributed by atoms with Crippen LogP contribution in [0.5, 0.6) is 5.75 Å². The molecule has 0 bridgehead atoms. The predicted octanol–water partition coefficient (Wildman–Crippen LogP) is 1.74. The standard InChI is InChI=1S/C15H21NO4/c1-3-9-16(11-15(19)20-4-2)14(18)10-12-5-7-13(17)8-6-12/h5-8,17H,3-4,9-11H2,1-2H3. The van der Waals surface area contributed by atoms with Crippen molar-refractivity contribution in [2.45, 2.75) is 26.7 Å². The van der Waals surface area contributed by atoms with E-state index in [9.17, 15) is 14.7 Å². The average molecular weight is 279 g/mol. The van der Waals surface area contributed by atoms with Crippen molar-refractivity contribution < 1.29 is 19.4 Å². The minimum Gasteiger partial charge on any atom is -0.508 e. The third-order valence-corrected chi connectivity index (χ3v) is 2.76. The van der Waals surface area contributed by atoms with Gasteiger partial charge in [0.25, 0.3) is 0 Å². The number of amides is 1. The molecule has 1 amide bonds. The third kappa shape index (κ3) is 5.30. The highest BCUT2D eigenvalue weighted by molar-refractivity contribution is 5.83. The molecule has 0 atom stereocenters. The van der Waals surface area contributed by atoms with Gasteiger partial charge in [-0.2, -0.15) is 0 Å². The Labute approximate surface area is 119 Å². The van der Waals surface area contributed by atoms with Crippen LogP contribution in [0.2, 0.25) is 0 Å². The minimum atomic E-state index is -0.389. The van der Waals surface area contributed by atoms with Crippen molar-refractivity contribution in [1.29, 1.82) is 0 Å². The Morgan fingerprint density at radius 3 is 2.40 bits per heavy atom. The van der Waals surface area contributed by atoms with Crippen LogP contribution >= 0.6 is 0 Å². The Morgan fingerprint density at radius 1 is 1.20 bits per heavy atom. The second-order valence-electron chi connectivity index (χ2n) is 4.46. The number of nitrogens with zero attached hydrogens (tertiary/aromatic N) is 1. The average Bonchev–Trinajstić information content (AvgIpc) is 2.41. The molecule has 110 valence electrons. The first-order chi connectivity index (χ1) is 9.56. The molecule has 0 aromatic heterocycles. The van der Waals surface area contributed by atoms with Crippen molar-refractivity contribution in [3.63, 3.8) is 0 Å². The van der Waals surface area contributed by atoms with Crippen molar-refractivity contribution in [2.24, 2.45) is 0 Å². The highest BCUT2D eigenvalue weighted by atomic mass is 16.5. The van der Waals surface area contributed by atoms with Gasteiger partial charge in [-0.1, -0.05) is 19.1 Å². The molecule has 1 rings (SSSR count). The summed E-state index contributed by atoms with van der Waals surface area (Å²) in [4.78, 5) is 25.2. The fourth-order valence-corrected chi connectivity index (χ4v) is 1.82. The fraction of sp³-hybridized carbons (Fsp3) is 0.467. The summed E-state index contributed by atoms with van der Waals surface area (Å²) in [6.45, 7) is 4.51. The molecule has 1 N–H and O–H groups in total. The first-order valence-corrected chi connectivity index (χ1v) is 6.78. The molecule has 20 heavy (non-hydrogen) atoms. The first kappa shape index (κ1) is 16.0. The van der Waals surface area contributed by atoms with Crippen molar-refractivity contribution in [3.05, 3.63) is 29.8 Å². The SMILES string of the molecule is CCCN(CC(=O)OCC)C(=O)Cc1ccc(O)cc1. The van der Waals surface area contributed by atoms with Crippen LogP contribution in [0.25, 0.3) is 0 Å². The Hall–Kier alpha value is -2.04. The number of rotatable bonds is 7. The number of carbonyl (C=O) groups excluding carboxylic acids is 2. The summed E-state index contributed by atoms with van der Waals surface area (Å²) < 4.78 is 4.87. The van der Waals surface area contributed by atoms with E-state index in [2.05, 4.69) is 0 Å². The Kier molecular flexibility index (Phi) is 6.56. The highest BCUT2D eigenvalue weighted by Gasteiger charge is 2.17. The molecule has 0 radical (unpaired) electrons.